The van der Waals surface area contributed by atoms with Crippen molar-refractivity contribution in [3.05, 3.63) is 35.4 Å². The second kappa shape index (κ2) is 9.37. The van der Waals surface area contributed by atoms with Crippen LogP contribution in [0.15, 0.2) is 34.3 Å². The molecule has 0 aromatic heterocycles. The summed E-state index contributed by atoms with van der Waals surface area (Å²) in [5, 5.41) is 0. The molecule has 2 heteroatoms. The van der Waals surface area contributed by atoms with Gasteiger partial charge in [-0.1, -0.05) is 93.5 Å². The van der Waals surface area contributed by atoms with Gasteiger partial charge in [0, 0.05) is 25.5 Å². The Bertz CT molecular complexity index is 588. The molecule has 0 saturated carbocycles. The van der Waals surface area contributed by atoms with E-state index in [2.05, 4.69) is 93.5 Å². The minimum Gasteiger partial charge on any atom is -0.292 e. The number of hydrogen-bond donors (Lipinski definition) is 0. The molecule has 28 heavy (non-hydrogen) atoms. The SMILES string of the molecule is CC(C)(C)CC(C)(C)C/N=C\c1ccc(/C=N\CC(C)(C)CC(C)(C)C)cc1. The van der Waals surface area contributed by atoms with E-state index in [-0.39, 0.29) is 10.8 Å². The van der Waals surface area contributed by atoms with Crippen molar-refractivity contribution in [2.24, 2.45) is 31.6 Å². The lowest BCUT2D eigenvalue weighted by Crippen LogP contribution is -2.23. The summed E-state index contributed by atoms with van der Waals surface area (Å²) in [5.41, 5.74) is 3.42. The summed E-state index contributed by atoms with van der Waals surface area (Å²) in [7, 11) is 0. The number of benzene rings is 1. The maximum atomic E-state index is 4.70. The third-order valence-electron chi connectivity index (χ3n) is 4.47. The van der Waals surface area contributed by atoms with Crippen LogP contribution in [0.2, 0.25) is 0 Å². The first-order chi connectivity index (χ1) is 12.6. The Labute approximate surface area is 175 Å². The van der Waals surface area contributed by atoms with Gasteiger partial charge in [0.2, 0.25) is 0 Å². The van der Waals surface area contributed by atoms with E-state index in [1.807, 2.05) is 12.4 Å². The van der Waals surface area contributed by atoms with Gasteiger partial charge in [-0.3, -0.25) is 9.98 Å². The molecule has 0 spiro atoms. The molecule has 0 unspecified atom stereocenters. The second-order valence-corrected chi connectivity index (χ2v) is 12.4. The van der Waals surface area contributed by atoms with Crippen molar-refractivity contribution in [1.29, 1.82) is 0 Å². The Morgan fingerprint density at radius 3 is 1.11 bits per heavy atom. The Balaban J connectivity index is 2.59. The topological polar surface area (TPSA) is 24.7 Å². The molecule has 0 fully saturated rings. The molecule has 1 aromatic rings. The lowest BCUT2D eigenvalue weighted by atomic mass is 9.76. The van der Waals surface area contributed by atoms with Gasteiger partial charge in [0.1, 0.15) is 0 Å². The highest BCUT2D eigenvalue weighted by molar-refractivity contribution is 5.84. The minimum atomic E-state index is 0.223. The largest absolute Gasteiger partial charge is 0.292 e. The summed E-state index contributed by atoms with van der Waals surface area (Å²) < 4.78 is 0. The van der Waals surface area contributed by atoms with Crippen LogP contribution in [0, 0.1) is 21.7 Å². The molecular formula is C26H44N2. The molecule has 0 saturated heterocycles. The zero-order valence-electron chi connectivity index (χ0n) is 20.2. The fourth-order valence-corrected chi connectivity index (χ4v) is 4.45. The molecule has 1 aromatic carbocycles. The van der Waals surface area contributed by atoms with Crippen LogP contribution < -0.4 is 0 Å². The van der Waals surface area contributed by atoms with Crippen molar-refractivity contribution < 1.29 is 0 Å². The summed E-state index contributed by atoms with van der Waals surface area (Å²) in [5.74, 6) is 0. The van der Waals surface area contributed by atoms with Gasteiger partial charge in [-0.05, 0) is 45.6 Å². The smallest absolute Gasteiger partial charge is 0.0440 e. The van der Waals surface area contributed by atoms with Crippen LogP contribution in [-0.4, -0.2) is 25.5 Å². The van der Waals surface area contributed by atoms with Crippen LogP contribution in [-0.2, 0) is 0 Å². The molecule has 0 aliphatic rings. The predicted octanol–water partition coefficient (Wildman–Crippen LogP) is 7.45. The molecule has 0 heterocycles. The van der Waals surface area contributed by atoms with Crippen molar-refractivity contribution in [2.45, 2.75) is 82.1 Å². The summed E-state index contributed by atoms with van der Waals surface area (Å²) in [6.07, 6.45) is 6.33. The minimum absolute atomic E-state index is 0.223. The Morgan fingerprint density at radius 2 is 0.857 bits per heavy atom. The van der Waals surface area contributed by atoms with Gasteiger partial charge in [0.25, 0.3) is 0 Å². The summed E-state index contributed by atoms with van der Waals surface area (Å²) in [4.78, 5) is 9.39. The Kier molecular flexibility index (Phi) is 8.23. The van der Waals surface area contributed by atoms with Crippen molar-refractivity contribution in [2.75, 3.05) is 13.1 Å². The molecule has 0 aliphatic carbocycles. The Hall–Kier alpha value is -1.44. The zero-order chi connectivity index (χ0) is 21.6. The van der Waals surface area contributed by atoms with Gasteiger partial charge in [0.15, 0.2) is 0 Å². The van der Waals surface area contributed by atoms with E-state index < -0.39 is 0 Å². The lowest BCUT2D eigenvalue weighted by Gasteiger charge is -2.31. The standard InChI is InChI=1S/C26H44N2/c1-23(2,3)17-25(7,8)19-27-15-21-11-13-22(14-12-21)16-28-20-26(9,10)18-24(4,5)6/h11-16H,17-20H2,1-10H3/b27-15-,28-16-. The normalized spacial score (nSPS) is 14.4. The van der Waals surface area contributed by atoms with Gasteiger partial charge < -0.3 is 0 Å². The highest BCUT2D eigenvalue weighted by Gasteiger charge is 2.25. The van der Waals surface area contributed by atoms with Crippen molar-refractivity contribution in [3.63, 3.8) is 0 Å². The third-order valence-corrected chi connectivity index (χ3v) is 4.47. The van der Waals surface area contributed by atoms with E-state index in [9.17, 15) is 0 Å². The lowest BCUT2D eigenvalue weighted by molar-refractivity contribution is 0.220. The fraction of sp³-hybridized carbons (Fsp3) is 0.692. The molecule has 0 atom stereocenters. The first kappa shape index (κ1) is 24.6. The maximum Gasteiger partial charge on any atom is 0.0440 e. The van der Waals surface area contributed by atoms with Crippen LogP contribution >= 0.6 is 0 Å². The molecule has 1 rings (SSSR count). The number of nitrogens with zero attached hydrogens (tertiary/aromatic N) is 2. The average Bonchev–Trinajstić information content (AvgIpc) is 2.43. The van der Waals surface area contributed by atoms with Crippen LogP contribution in [0.5, 0.6) is 0 Å². The van der Waals surface area contributed by atoms with Crippen LogP contribution in [0.4, 0.5) is 0 Å². The van der Waals surface area contributed by atoms with E-state index >= 15 is 0 Å². The molecular weight excluding hydrogens is 340 g/mol. The number of aliphatic imine (C=N–C) groups is 2. The molecule has 0 amide bonds. The van der Waals surface area contributed by atoms with Crippen LogP contribution in [0.3, 0.4) is 0 Å². The monoisotopic (exact) mass is 384 g/mol. The molecule has 2 nitrogen and oxygen atoms in total. The molecule has 0 aliphatic heterocycles. The molecule has 0 radical (unpaired) electrons. The van der Waals surface area contributed by atoms with Crippen molar-refractivity contribution in [3.8, 4) is 0 Å². The molecule has 0 N–H and O–H groups in total. The summed E-state index contributed by atoms with van der Waals surface area (Å²) in [6, 6.07) is 8.51. The molecule has 158 valence electrons. The highest BCUT2D eigenvalue weighted by Crippen LogP contribution is 2.34. The quantitative estimate of drug-likeness (QED) is 0.416. The van der Waals surface area contributed by atoms with Gasteiger partial charge in [-0.25, -0.2) is 0 Å². The zero-order valence-corrected chi connectivity index (χ0v) is 20.2. The number of rotatable bonds is 8. The fourth-order valence-electron chi connectivity index (χ4n) is 4.45. The van der Waals surface area contributed by atoms with Crippen molar-refractivity contribution >= 4 is 12.4 Å². The average molecular weight is 385 g/mol. The van der Waals surface area contributed by atoms with E-state index in [1.165, 1.54) is 0 Å². The van der Waals surface area contributed by atoms with E-state index in [1.54, 1.807) is 0 Å². The van der Waals surface area contributed by atoms with Gasteiger partial charge in [-0.15, -0.1) is 0 Å². The maximum absolute atomic E-state index is 4.70. The predicted molar refractivity (Wildman–Crippen MR) is 127 cm³/mol. The summed E-state index contributed by atoms with van der Waals surface area (Å²) >= 11 is 0. The summed E-state index contributed by atoms with van der Waals surface area (Å²) in [6.45, 7) is 24.7. The first-order valence-corrected chi connectivity index (χ1v) is 10.7. The van der Waals surface area contributed by atoms with E-state index in [0.29, 0.717) is 10.8 Å². The van der Waals surface area contributed by atoms with Gasteiger partial charge in [0.05, 0.1) is 0 Å². The third kappa shape index (κ3) is 11.4. The molecule has 0 bridgehead atoms. The van der Waals surface area contributed by atoms with E-state index in [0.717, 1.165) is 37.1 Å². The number of hydrogen-bond acceptors (Lipinski definition) is 2. The Morgan fingerprint density at radius 1 is 0.571 bits per heavy atom. The van der Waals surface area contributed by atoms with Crippen LogP contribution in [0.1, 0.15) is 93.2 Å². The first-order valence-electron chi connectivity index (χ1n) is 10.7. The van der Waals surface area contributed by atoms with E-state index in [4.69, 9.17) is 9.98 Å². The second-order valence-electron chi connectivity index (χ2n) is 12.4. The van der Waals surface area contributed by atoms with Gasteiger partial charge in [-0.2, -0.15) is 0 Å². The van der Waals surface area contributed by atoms with Crippen molar-refractivity contribution in [1.82, 2.24) is 0 Å². The highest BCUT2D eigenvalue weighted by atomic mass is 14.7. The van der Waals surface area contributed by atoms with Gasteiger partial charge >= 0.3 is 0 Å². The van der Waals surface area contributed by atoms with Crippen LogP contribution in [0.25, 0.3) is 0 Å².